The van der Waals surface area contributed by atoms with E-state index in [0.29, 0.717) is 30.1 Å². The van der Waals surface area contributed by atoms with E-state index in [2.05, 4.69) is 20.8 Å². The van der Waals surface area contributed by atoms with E-state index < -0.39 is 12.1 Å². The number of hydrogen-bond acceptors (Lipinski definition) is 4. The molecule has 4 N–H and O–H groups in total. The van der Waals surface area contributed by atoms with Gasteiger partial charge in [-0.3, -0.25) is 4.79 Å². The summed E-state index contributed by atoms with van der Waals surface area (Å²) in [6.07, 6.45) is 6.00. The molecule has 4 rings (SSSR count). The summed E-state index contributed by atoms with van der Waals surface area (Å²) < 4.78 is 0. The van der Waals surface area contributed by atoms with Gasteiger partial charge in [-0.1, -0.05) is 20.8 Å². The molecule has 5 heteroatoms. The number of aliphatic carboxylic acids is 1. The van der Waals surface area contributed by atoms with Crippen molar-refractivity contribution in [2.24, 2.45) is 46.3 Å². The van der Waals surface area contributed by atoms with Crippen LogP contribution in [0, 0.1) is 46.3 Å². The number of aliphatic hydroxyl groups is 3. The molecule has 0 aliphatic heterocycles. The van der Waals surface area contributed by atoms with E-state index in [4.69, 9.17) is 5.11 Å². The van der Waals surface area contributed by atoms with Gasteiger partial charge in [0, 0.05) is 6.42 Å². The van der Waals surface area contributed by atoms with E-state index in [0.717, 1.165) is 44.9 Å². The van der Waals surface area contributed by atoms with Crippen molar-refractivity contribution in [3.05, 3.63) is 0 Å². The molecule has 0 aromatic rings. The van der Waals surface area contributed by atoms with Crippen molar-refractivity contribution in [1.29, 1.82) is 0 Å². The van der Waals surface area contributed by atoms with Crippen molar-refractivity contribution in [3.63, 3.8) is 0 Å². The van der Waals surface area contributed by atoms with Crippen LogP contribution in [-0.2, 0) is 4.79 Å². The normalized spacial score (nSPS) is 52.9. The third kappa shape index (κ3) is 3.27. The van der Waals surface area contributed by atoms with Crippen LogP contribution in [0.2, 0.25) is 0 Å². The second-order valence-corrected chi connectivity index (χ2v) is 11.4. The number of rotatable bonds is 4. The van der Waals surface area contributed by atoms with Crippen LogP contribution in [0.3, 0.4) is 0 Å². The lowest BCUT2D eigenvalue weighted by Crippen LogP contribution is -2.62. The predicted molar refractivity (Wildman–Crippen MR) is 110 cm³/mol. The molecule has 4 saturated carbocycles. The summed E-state index contributed by atoms with van der Waals surface area (Å²) in [4.78, 5) is 11.1. The fraction of sp³-hybridized carbons (Fsp3) is 0.958. The lowest BCUT2D eigenvalue weighted by molar-refractivity contribution is -0.207. The molecule has 0 saturated heterocycles. The standard InChI is InChI=1S/C24H40O5/c1-13(4-7-21(28)29)16-5-6-17-22-18(12-20(27)24(16,17)3)23(2)9-8-15(25)10-14(23)11-19(22)26/h13-20,22,25-27H,4-12H2,1-3H3,(H,28,29)/t13-,14-,15?,16?,17-,18-,19?,20?,22-,23?,24?/m0/s1. The zero-order valence-corrected chi connectivity index (χ0v) is 18.3. The first-order valence-corrected chi connectivity index (χ1v) is 11.8. The second-order valence-electron chi connectivity index (χ2n) is 11.4. The van der Waals surface area contributed by atoms with Crippen LogP contribution in [0.25, 0.3) is 0 Å². The quantitative estimate of drug-likeness (QED) is 0.571. The molecule has 4 fully saturated rings. The highest BCUT2D eigenvalue weighted by atomic mass is 16.4. The lowest BCUT2D eigenvalue weighted by atomic mass is 9.43. The summed E-state index contributed by atoms with van der Waals surface area (Å²) in [6.45, 7) is 6.72. The molecule has 4 aliphatic rings. The van der Waals surface area contributed by atoms with Crippen LogP contribution in [0.1, 0.15) is 78.6 Å². The van der Waals surface area contributed by atoms with Crippen LogP contribution in [0.4, 0.5) is 0 Å². The topological polar surface area (TPSA) is 98.0 Å². The Bertz CT molecular complexity index is 637. The van der Waals surface area contributed by atoms with Crippen molar-refractivity contribution >= 4 is 5.97 Å². The fourth-order valence-electron chi connectivity index (χ4n) is 8.68. The predicted octanol–water partition coefficient (Wildman–Crippen LogP) is 3.45. The molecule has 0 heterocycles. The molecule has 0 aromatic heterocycles. The largest absolute Gasteiger partial charge is 0.481 e. The molecule has 4 aliphatic carbocycles. The summed E-state index contributed by atoms with van der Waals surface area (Å²) in [5.41, 5.74) is -0.143. The van der Waals surface area contributed by atoms with Crippen LogP contribution in [0.15, 0.2) is 0 Å². The molecule has 5 nitrogen and oxygen atoms in total. The Hall–Kier alpha value is -0.650. The summed E-state index contributed by atoms with van der Waals surface area (Å²) in [5.74, 6) is 0.997. The molecular weight excluding hydrogens is 368 g/mol. The molecule has 0 amide bonds. The second kappa shape index (κ2) is 7.49. The summed E-state index contributed by atoms with van der Waals surface area (Å²) in [5, 5.41) is 42.0. The smallest absolute Gasteiger partial charge is 0.303 e. The average molecular weight is 409 g/mol. The number of carboxylic acids is 1. The minimum absolute atomic E-state index is 0.0957. The van der Waals surface area contributed by atoms with Gasteiger partial charge in [0.25, 0.3) is 0 Å². The minimum atomic E-state index is -0.748. The van der Waals surface area contributed by atoms with Gasteiger partial charge in [0.15, 0.2) is 0 Å². The Morgan fingerprint density at radius 3 is 2.45 bits per heavy atom. The van der Waals surface area contributed by atoms with Crippen LogP contribution in [0.5, 0.6) is 0 Å². The van der Waals surface area contributed by atoms with Gasteiger partial charge in [0.1, 0.15) is 0 Å². The summed E-state index contributed by atoms with van der Waals surface area (Å²) in [6, 6.07) is 0. The molecule has 0 spiro atoms. The number of fused-ring (bicyclic) bond motifs is 5. The Morgan fingerprint density at radius 1 is 1.03 bits per heavy atom. The first-order valence-electron chi connectivity index (χ1n) is 11.8. The third-order valence-corrected chi connectivity index (χ3v) is 10.3. The summed E-state index contributed by atoms with van der Waals surface area (Å²) in [7, 11) is 0. The van der Waals surface area contributed by atoms with Crippen molar-refractivity contribution < 1.29 is 25.2 Å². The van der Waals surface area contributed by atoms with Crippen LogP contribution < -0.4 is 0 Å². The molecular formula is C24H40O5. The molecule has 6 unspecified atom stereocenters. The van der Waals surface area contributed by atoms with Gasteiger partial charge in [-0.05, 0) is 97.7 Å². The van der Waals surface area contributed by atoms with Crippen LogP contribution >= 0.6 is 0 Å². The van der Waals surface area contributed by atoms with Gasteiger partial charge in [-0.25, -0.2) is 0 Å². The molecule has 0 aromatic carbocycles. The summed E-state index contributed by atoms with van der Waals surface area (Å²) >= 11 is 0. The molecule has 166 valence electrons. The number of hydrogen-bond donors (Lipinski definition) is 4. The van der Waals surface area contributed by atoms with Gasteiger partial charge in [-0.2, -0.15) is 0 Å². The Kier molecular flexibility index (Phi) is 5.57. The van der Waals surface area contributed by atoms with E-state index >= 15 is 0 Å². The first-order chi connectivity index (χ1) is 13.6. The maximum Gasteiger partial charge on any atom is 0.303 e. The van der Waals surface area contributed by atoms with Crippen molar-refractivity contribution in [2.45, 2.75) is 96.9 Å². The van der Waals surface area contributed by atoms with E-state index in [-0.39, 0.29) is 41.3 Å². The zero-order chi connectivity index (χ0) is 21.1. The fourth-order valence-corrected chi connectivity index (χ4v) is 8.68. The monoisotopic (exact) mass is 408 g/mol. The highest BCUT2D eigenvalue weighted by Crippen LogP contribution is 2.68. The van der Waals surface area contributed by atoms with Gasteiger partial charge in [-0.15, -0.1) is 0 Å². The zero-order valence-electron chi connectivity index (χ0n) is 18.3. The maximum atomic E-state index is 11.5. The molecule has 29 heavy (non-hydrogen) atoms. The lowest BCUT2D eigenvalue weighted by Gasteiger charge is -2.63. The number of carbonyl (C=O) groups is 1. The molecule has 0 bridgehead atoms. The Labute approximate surface area is 174 Å². The maximum absolute atomic E-state index is 11.5. The van der Waals surface area contributed by atoms with Crippen LogP contribution in [-0.4, -0.2) is 44.7 Å². The minimum Gasteiger partial charge on any atom is -0.481 e. The highest BCUT2D eigenvalue weighted by molar-refractivity contribution is 5.66. The highest BCUT2D eigenvalue weighted by Gasteiger charge is 2.65. The molecule has 0 radical (unpaired) electrons. The van der Waals surface area contributed by atoms with Crippen molar-refractivity contribution in [3.8, 4) is 0 Å². The molecule has 11 atom stereocenters. The van der Waals surface area contributed by atoms with Gasteiger partial charge in [0.2, 0.25) is 0 Å². The number of carboxylic acid groups (broad SMARTS) is 1. The SMILES string of the molecule is C[C@@H](CCC(=O)O)C1CC[C@H]2[C@@H]3C(O)C[C@@H]4CC(O)CCC4(C)[C@H]3CC(O)C12C. The van der Waals surface area contributed by atoms with E-state index in [9.17, 15) is 20.1 Å². The van der Waals surface area contributed by atoms with Gasteiger partial charge in [0.05, 0.1) is 18.3 Å². The number of aliphatic hydroxyl groups excluding tert-OH is 3. The third-order valence-electron chi connectivity index (χ3n) is 10.3. The average Bonchev–Trinajstić information content (AvgIpc) is 3.01. The Morgan fingerprint density at radius 2 is 1.76 bits per heavy atom. The Balaban J connectivity index is 1.61. The van der Waals surface area contributed by atoms with E-state index in [1.165, 1.54) is 0 Å². The first kappa shape index (κ1) is 21.6. The van der Waals surface area contributed by atoms with Crippen molar-refractivity contribution in [2.75, 3.05) is 0 Å². The van der Waals surface area contributed by atoms with E-state index in [1.54, 1.807) is 0 Å². The van der Waals surface area contributed by atoms with Gasteiger partial charge >= 0.3 is 5.97 Å². The van der Waals surface area contributed by atoms with E-state index in [1.807, 2.05) is 0 Å². The van der Waals surface area contributed by atoms with Crippen molar-refractivity contribution in [1.82, 2.24) is 0 Å². The van der Waals surface area contributed by atoms with Gasteiger partial charge < -0.3 is 20.4 Å².